The number of ether oxygens (including phenoxy) is 1. The van der Waals surface area contributed by atoms with Gasteiger partial charge in [0.25, 0.3) is 0 Å². The van der Waals surface area contributed by atoms with Crippen molar-refractivity contribution < 1.29 is 9.13 Å². The maximum Gasteiger partial charge on any atom is 0.168 e. The van der Waals surface area contributed by atoms with Crippen LogP contribution in [0.1, 0.15) is 25.3 Å². The average molecular weight is 269 g/mol. The fourth-order valence-electron chi connectivity index (χ4n) is 2.42. The molecule has 2 atom stereocenters. The van der Waals surface area contributed by atoms with Gasteiger partial charge in [0, 0.05) is 10.8 Å². The third kappa shape index (κ3) is 2.64. The summed E-state index contributed by atoms with van der Waals surface area (Å²) in [7, 11) is 1.48. The van der Waals surface area contributed by atoms with Crippen molar-refractivity contribution in [3.05, 3.63) is 29.6 Å². The molecule has 4 heteroatoms. The lowest BCUT2D eigenvalue weighted by atomic mass is 9.91. The van der Waals surface area contributed by atoms with Crippen LogP contribution in [-0.4, -0.2) is 23.7 Å². The van der Waals surface area contributed by atoms with Crippen molar-refractivity contribution in [2.45, 2.75) is 37.0 Å². The van der Waals surface area contributed by atoms with Crippen molar-refractivity contribution in [3.63, 3.8) is 0 Å². The van der Waals surface area contributed by atoms with Gasteiger partial charge in [-0.3, -0.25) is 0 Å². The molecule has 1 aromatic carbocycles. The van der Waals surface area contributed by atoms with Gasteiger partial charge in [-0.25, -0.2) is 4.39 Å². The number of hydrogen-bond acceptors (Lipinski definition) is 3. The van der Waals surface area contributed by atoms with Crippen molar-refractivity contribution in [3.8, 4) is 5.75 Å². The quantitative estimate of drug-likeness (QED) is 0.912. The monoisotopic (exact) mass is 269 g/mol. The molecule has 0 bridgehead atoms. The minimum absolute atomic E-state index is 0.0217. The molecule has 2 nitrogen and oxygen atoms in total. The lowest BCUT2D eigenvalue weighted by Crippen LogP contribution is -2.43. The van der Waals surface area contributed by atoms with Crippen LogP contribution in [0.15, 0.2) is 18.2 Å². The molecule has 0 aromatic heterocycles. The highest BCUT2D eigenvalue weighted by Crippen LogP contribution is 2.40. The number of benzene rings is 1. The van der Waals surface area contributed by atoms with Gasteiger partial charge in [0.1, 0.15) is 0 Å². The molecule has 1 heterocycles. The highest BCUT2D eigenvalue weighted by Gasteiger charge is 2.36. The highest BCUT2D eigenvalue weighted by molar-refractivity contribution is 8.00. The Bertz CT molecular complexity index is 418. The number of nitrogens with two attached hydrogens (primary N) is 1. The summed E-state index contributed by atoms with van der Waals surface area (Å²) in [5, 5.41) is 0. The maximum atomic E-state index is 14.1. The summed E-state index contributed by atoms with van der Waals surface area (Å²) >= 11 is 1.91. The summed E-state index contributed by atoms with van der Waals surface area (Å²) in [5.41, 5.74) is 6.93. The van der Waals surface area contributed by atoms with E-state index in [1.165, 1.54) is 13.5 Å². The van der Waals surface area contributed by atoms with E-state index in [9.17, 15) is 4.39 Å². The van der Waals surface area contributed by atoms with E-state index in [0.29, 0.717) is 17.7 Å². The topological polar surface area (TPSA) is 35.2 Å². The zero-order chi connectivity index (χ0) is 13.2. The molecule has 0 amide bonds. The van der Waals surface area contributed by atoms with Gasteiger partial charge in [0.15, 0.2) is 11.6 Å². The predicted octanol–water partition coefficient (Wildman–Crippen LogP) is 2.99. The molecular formula is C14H20FNOS. The molecule has 1 aromatic rings. The smallest absolute Gasteiger partial charge is 0.168 e. The summed E-state index contributed by atoms with van der Waals surface area (Å²) < 4.78 is 19.1. The SMILES string of the molecule is COc1cccc(CC(N)C2(C)CCCS2)c1F. The Morgan fingerprint density at radius 1 is 1.56 bits per heavy atom. The van der Waals surface area contributed by atoms with Crippen molar-refractivity contribution in [1.29, 1.82) is 0 Å². The Morgan fingerprint density at radius 3 is 2.94 bits per heavy atom. The van der Waals surface area contributed by atoms with Crippen molar-refractivity contribution in [2.24, 2.45) is 5.73 Å². The summed E-state index contributed by atoms with van der Waals surface area (Å²) in [6.07, 6.45) is 2.88. The standard InChI is InChI=1S/C14H20FNOS/c1-14(7-4-8-18-14)12(16)9-10-5-3-6-11(17-2)13(10)15/h3,5-6,12H,4,7-9,16H2,1-2H3. The Kier molecular flexibility index (Phi) is 4.17. The van der Waals surface area contributed by atoms with Gasteiger partial charge in [-0.1, -0.05) is 12.1 Å². The van der Waals surface area contributed by atoms with Gasteiger partial charge in [0.2, 0.25) is 0 Å². The first kappa shape index (κ1) is 13.7. The second-order valence-electron chi connectivity index (χ2n) is 5.01. The van der Waals surface area contributed by atoms with E-state index in [4.69, 9.17) is 10.5 Å². The molecular weight excluding hydrogens is 249 g/mol. The highest BCUT2D eigenvalue weighted by atomic mass is 32.2. The van der Waals surface area contributed by atoms with Gasteiger partial charge >= 0.3 is 0 Å². The van der Waals surface area contributed by atoms with E-state index in [1.54, 1.807) is 12.1 Å². The number of rotatable bonds is 4. The number of methoxy groups -OCH3 is 1. The van der Waals surface area contributed by atoms with E-state index >= 15 is 0 Å². The van der Waals surface area contributed by atoms with Crippen LogP contribution in [0, 0.1) is 5.82 Å². The van der Waals surface area contributed by atoms with E-state index in [-0.39, 0.29) is 16.6 Å². The molecule has 1 fully saturated rings. The first-order valence-electron chi connectivity index (χ1n) is 6.28. The molecule has 1 aliphatic heterocycles. The molecule has 2 N–H and O–H groups in total. The van der Waals surface area contributed by atoms with Crippen molar-refractivity contribution in [2.75, 3.05) is 12.9 Å². The van der Waals surface area contributed by atoms with Crippen LogP contribution in [-0.2, 0) is 6.42 Å². The van der Waals surface area contributed by atoms with E-state index in [2.05, 4.69) is 6.92 Å². The largest absolute Gasteiger partial charge is 0.494 e. The number of halogens is 1. The number of thioether (sulfide) groups is 1. The molecule has 1 saturated heterocycles. The second-order valence-corrected chi connectivity index (χ2v) is 6.64. The van der Waals surface area contributed by atoms with Crippen LogP contribution in [0.5, 0.6) is 5.75 Å². The molecule has 0 spiro atoms. The van der Waals surface area contributed by atoms with Gasteiger partial charge in [-0.2, -0.15) is 11.8 Å². The van der Waals surface area contributed by atoms with Crippen molar-refractivity contribution >= 4 is 11.8 Å². The fraction of sp³-hybridized carbons (Fsp3) is 0.571. The van der Waals surface area contributed by atoms with Crippen LogP contribution < -0.4 is 10.5 Å². The zero-order valence-electron chi connectivity index (χ0n) is 10.9. The van der Waals surface area contributed by atoms with Gasteiger partial charge in [-0.05, 0) is 43.6 Å². The lowest BCUT2D eigenvalue weighted by Gasteiger charge is -2.30. The average Bonchev–Trinajstić information content (AvgIpc) is 2.80. The molecule has 2 unspecified atom stereocenters. The zero-order valence-corrected chi connectivity index (χ0v) is 11.7. The van der Waals surface area contributed by atoms with Gasteiger partial charge in [0.05, 0.1) is 7.11 Å². The van der Waals surface area contributed by atoms with Crippen LogP contribution in [0.4, 0.5) is 4.39 Å². The van der Waals surface area contributed by atoms with Gasteiger partial charge < -0.3 is 10.5 Å². The van der Waals surface area contributed by atoms with E-state index in [1.807, 2.05) is 17.8 Å². The van der Waals surface area contributed by atoms with Crippen molar-refractivity contribution in [1.82, 2.24) is 0 Å². The van der Waals surface area contributed by atoms with E-state index in [0.717, 1.165) is 12.2 Å². The van der Waals surface area contributed by atoms with Crippen LogP contribution in [0.25, 0.3) is 0 Å². The first-order chi connectivity index (χ1) is 8.57. The number of hydrogen-bond donors (Lipinski definition) is 1. The van der Waals surface area contributed by atoms with Crippen LogP contribution >= 0.6 is 11.8 Å². The Morgan fingerprint density at radius 2 is 2.33 bits per heavy atom. The summed E-state index contributed by atoms with van der Waals surface area (Å²) in [6.45, 7) is 2.19. The lowest BCUT2D eigenvalue weighted by molar-refractivity contribution is 0.381. The summed E-state index contributed by atoms with van der Waals surface area (Å²) in [5.74, 6) is 1.18. The summed E-state index contributed by atoms with van der Waals surface area (Å²) in [6, 6.07) is 5.22. The second kappa shape index (κ2) is 5.49. The minimum Gasteiger partial charge on any atom is -0.494 e. The molecule has 1 aliphatic rings. The first-order valence-corrected chi connectivity index (χ1v) is 7.26. The molecule has 0 saturated carbocycles. The maximum absolute atomic E-state index is 14.1. The summed E-state index contributed by atoms with van der Waals surface area (Å²) in [4.78, 5) is 0. The third-order valence-electron chi connectivity index (χ3n) is 3.74. The molecule has 18 heavy (non-hydrogen) atoms. The molecule has 0 radical (unpaired) electrons. The van der Waals surface area contributed by atoms with Gasteiger partial charge in [-0.15, -0.1) is 0 Å². The minimum atomic E-state index is -0.276. The normalized spacial score (nSPS) is 25.1. The van der Waals surface area contributed by atoms with E-state index < -0.39 is 0 Å². The molecule has 2 rings (SSSR count). The van der Waals surface area contributed by atoms with Crippen LogP contribution in [0.2, 0.25) is 0 Å². The predicted molar refractivity (Wildman–Crippen MR) is 74.7 cm³/mol. The van der Waals surface area contributed by atoms with Crippen LogP contribution in [0.3, 0.4) is 0 Å². The molecule has 0 aliphatic carbocycles. The molecule has 100 valence electrons. The Balaban J connectivity index is 2.14. The Labute approximate surface area is 112 Å². The Hall–Kier alpha value is -0.740. The fourth-order valence-corrected chi connectivity index (χ4v) is 3.76. The third-order valence-corrected chi connectivity index (χ3v) is 5.40.